The Morgan fingerprint density at radius 2 is 2.16 bits per heavy atom. The van der Waals surface area contributed by atoms with Crippen molar-refractivity contribution in [2.75, 3.05) is 13.2 Å². The van der Waals surface area contributed by atoms with E-state index >= 15 is 0 Å². The lowest BCUT2D eigenvalue weighted by Gasteiger charge is -2.14. The summed E-state index contributed by atoms with van der Waals surface area (Å²) in [6.45, 7) is 3.14. The molecule has 1 saturated heterocycles. The summed E-state index contributed by atoms with van der Waals surface area (Å²) in [5.41, 5.74) is 3.04. The molecule has 0 unspecified atom stereocenters. The van der Waals surface area contributed by atoms with Crippen molar-refractivity contribution in [1.29, 1.82) is 0 Å². The number of nitrogens with zero attached hydrogens (tertiary/aromatic N) is 2. The molecular formula is C19H17N3O3. The number of carbonyl (C=O) groups excluding carboxylic acids is 1. The third kappa shape index (κ3) is 2.25. The van der Waals surface area contributed by atoms with Gasteiger partial charge in [0.15, 0.2) is 0 Å². The number of hydrogen-bond donors (Lipinski definition) is 1. The van der Waals surface area contributed by atoms with Crippen LogP contribution in [0, 0.1) is 12.8 Å². The molecule has 5 rings (SSSR count). The standard InChI is InChI=1S/C19H17N3O3/c1-11-16-14(17(23)21-19-8-13(19)9-24-10-19)7-15(20-18(16)25-22-11)12-5-3-2-4-6-12/h2-7,13H,8-10H2,1H3,(H,21,23)/t13-,19-/m0/s1. The summed E-state index contributed by atoms with van der Waals surface area (Å²) in [7, 11) is 0. The first-order valence-corrected chi connectivity index (χ1v) is 8.39. The van der Waals surface area contributed by atoms with Crippen LogP contribution in [0.15, 0.2) is 40.9 Å². The average molecular weight is 335 g/mol. The fourth-order valence-corrected chi connectivity index (χ4v) is 3.67. The molecule has 1 N–H and O–H groups in total. The minimum Gasteiger partial charge on any atom is -0.379 e. The molecule has 2 atom stereocenters. The molecule has 1 aliphatic heterocycles. The van der Waals surface area contributed by atoms with Crippen LogP contribution >= 0.6 is 0 Å². The highest BCUT2D eigenvalue weighted by Gasteiger charge is 2.59. The van der Waals surface area contributed by atoms with E-state index in [1.54, 1.807) is 0 Å². The summed E-state index contributed by atoms with van der Waals surface area (Å²) < 4.78 is 10.8. The van der Waals surface area contributed by atoms with Crippen LogP contribution in [-0.4, -0.2) is 34.8 Å². The van der Waals surface area contributed by atoms with Crippen molar-refractivity contribution in [3.8, 4) is 11.3 Å². The van der Waals surface area contributed by atoms with Gasteiger partial charge in [0.05, 0.1) is 41.1 Å². The molecular weight excluding hydrogens is 318 g/mol. The Bertz CT molecular complexity index is 982. The Hall–Kier alpha value is -2.73. The number of ether oxygens (including phenoxy) is 1. The van der Waals surface area contributed by atoms with Crippen molar-refractivity contribution in [2.24, 2.45) is 5.92 Å². The summed E-state index contributed by atoms with van der Waals surface area (Å²) in [6, 6.07) is 11.6. The van der Waals surface area contributed by atoms with Gasteiger partial charge in [0.25, 0.3) is 11.6 Å². The fraction of sp³-hybridized carbons (Fsp3) is 0.316. The first-order valence-electron chi connectivity index (χ1n) is 8.39. The number of pyridine rings is 1. The molecule has 2 aromatic heterocycles. The van der Waals surface area contributed by atoms with E-state index in [4.69, 9.17) is 9.26 Å². The van der Waals surface area contributed by atoms with Crippen LogP contribution in [-0.2, 0) is 4.74 Å². The maximum atomic E-state index is 13.0. The van der Waals surface area contributed by atoms with Crippen molar-refractivity contribution in [3.05, 3.63) is 47.7 Å². The van der Waals surface area contributed by atoms with E-state index in [9.17, 15) is 4.79 Å². The van der Waals surface area contributed by atoms with Gasteiger partial charge in [0.1, 0.15) is 0 Å². The monoisotopic (exact) mass is 335 g/mol. The van der Waals surface area contributed by atoms with Crippen molar-refractivity contribution < 1.29 is 14.1 Å². The van der Waals surface area contributed by atoms with Crippen LogP contribution in [0.1, 0.15) is 22.5 Å². The molecule has 1 amide bonds. The molecule has 0 radical (unpaired) electrons. The van der Waals surface area contributed by atoms with Crippen LogP contribution in [0.2, 0.25) is 0 Å². The molecule has 0 spiro atoms. The maximum absolute atomic E-state index is 13.0. The van der Waals surface area contributed by atoms with Crippen LogP contribution in [0.25, 0.3) is 22.4 Å². The summed E-state index contributed by atoms with van der Waals surface area (Å²) >= 11 is 0. The lowest BCUT2D eigenvalue weighted by atomic mass is 10.0. The van der Waals surface area contributed by atoms with Crippen molar-refractivity contribution in [1.82, 2.24) is 15.5 Å². The van der Waals surface area contributed by atoms with Gasteiger partial charge < -0.3 is 14.6 Å². The highest BCUT2D eigenvalue weighted by Crippen LogP contribution is 2.48. The van der Waals surface area contributed by atoms with E-state index in [0.29, 0.717) is 40.6 Å². The van der Waals surface area contributed by atoms with Gasteiger partial charge >= 0.3 is 0 Å². The van der Waals surface area contributed by atoms with Gasteiger partial charge in [-0.05, 0) is 19.4 Å². The third-order valence-corrected chi connectivity index (χ3v) is 5.20. The third-order valence-electron chi connectivity index (χ3n) is 5.20. The van der Waals surface area contributed by atoms with Crippen LogP contribution < -0.4 is 5.32 Å². The molecule has 0 bridgehead atoms. The molecule has 3 heterocycles. The molecule has 6 heteroatoms. The number of fused-ring (bicyclic) bond motifs is 2. The van der Waals surface area contributed by atoms with E-state index < -0.39 is 0 Å². The minimum absolute atomic E-state index is 0.121. The highest BCUT2D eigenvalue weighted by atomic mass is 16.5. The fourth-order valence-electron chi connectivity index (χ4n) is 3.67. The van der Waals surface area contributed by atoms with Gasteiger partial charge in [-0.1, -0.05) is 35.5 Å². The largest absolute Gasteiger partial charge is 0.379 e. The zero-order chi connectivity index (χ0) is 17.0. The molecule has 25 heavy (non-hydrogen) atoms. The van der Waals surface area contributed by atoms with E-state index in [-0.39, 0.29) is 11.4 Å². The van der Waals surface area contributed by atoms with Gasteiger partial charge in [-0.3, -0.25) is 4.79 Å². The molecule has 2 aliphatic rings. The van der Waals surface area contributed by atoms with Crippen molar-refractivity contribution in [3.63, 3.8) is 0 Å². The molecule has 1 aliphatic carbocycles. The normalized spacial score (nSPS) is 24.3. The zero-order valence-electron chi connectivity index (χ0n) is 13.8. The number of carbonyl (C=O) groups is 1. The highest BCUT2D eigenvalue weighted by molar-refractivity contribution is 6.07. The van der Waals surface area contributed by atoms with Gasteiger partial charge in [0.2, 0.25) is 0 Å². The van der Waals surface area contributed by atoms with Gasteiger partial charge in [-0.15, -0.1) is 0 Å². The van der Waals surface area contributed by atoms with E-state index in [2.05, 4.69) is 15.5 Å². The summed E-state index contributed by atoms with van der Waals surface area (Å²) in [6.07, 6.45) is 0.987. The number of amides is 1. The number of benzene rings is 1. The van der Waals surface area contributed by atoms with Crippen molar-refractivity contribution >= 4 is 17.0 Å². The van der Waals surface area contributed by atoms with Crippen LogP contribution in [0.3, 0.4) is 0 Å². The average Bonchev–Trinajstić information content (AvgIpc) is 2.96. The lowest BCUT2D eigenvalue weighted by Crippen LogP contribution is -2.39. The Morgan fingerprint density at radius 1 is 1.32 bits per heavy atom. The predicted octanol–water partition coefficient (Wildman–Crippen LogP) is 2.72. The second-order valence-electron chi connectivity index (χ2n) is 6.90. The lowest BCUT2D eigenvalue weighted by molar-refractivity contribution is 0.0907. The quantitative estimate of drug-likeness (QED) is 0.796. The van der Waals surface area contributed by atoms with Gasteiger partial charge in [-0.25, -0.2) is 4.98 Å². The van der Waals surface area contributed by atoms with E-state index in [1.807, 2.05) is 43.3 Å². The predicted molar refractivity (Wildman–Crippen MR) is 91.1 cm³/mol. The summed E-state index contributed by atoms with van der Waals surface area (Å²) in [5, 5.41) is 7.83. The molecule has 126 valence electrons. The van der Waals surface area contributed by atoms with Crippen LogP contribution in [0.5, 0.6) is 0 Å². The Balaban J connectivity index is 1.60. The van der Waals surface area contributed by atoms with E-state index in [1.165, 1.54) is 0 Å². The van der Waals surface area contributed by atoms with Crippen molar-refractivity contribution in [2.45, 2.75) is 18.9 Å². The molecule has 2 fully saturated rings. The second kappa shape index (κ2) is 5.13. The first kappa shape index (κ1) is 14.6. The minimum atomic E-state index is -0.190. The number of aryl methyl sites for hydroxylation is 1. The molecule has 3 aromatic rings. The number of aromatic nitrogens is 2. The van der Waals surface area contributed by atoms with E-state index in [0.717, 1.165) is 18.6 Å². The SMILES string of the molecule is Cc1noc2nc(-c3ccccc3)cc(C(=O)N[C@@]34COC[C@@H]3C4)c12. The van der Waals surface area contributed by atoms with Crippen LogP contribution in [0.4, 0.5) is 0 Å². The second-order valence-corrected chi connectivity index (χ2v) is 6.90. The summed E-state index contributed by atoms with van der Waals surface area (Å²) in [4.78, 5) is 17.6. The zero-order valence-corrected chi connectivity index (χ0v) is 13.8. The smallest absolute Gasteiger partial charge is 0.259 e. The molecule has 1 aromatic carbocycles. The Morgan fingerprint density at radius 3 is 2.88 bits per heavy atom. The first-order chi connectivity index (χ1) is 12.2. The Labute approximate surface area is 144 Å². The van der Waals surface area contributed by atoms with Gasteiger partial charge in [0, 0.05) is 11.5 Å². The maximum Gasteiger partial charge on any atom is 0.259 e. The number of hydrogen-bond acceptors (Lipinski definition) is 5. The number of nitrogens with one attached hydrogen (secondary N) is 1. The topological polar surface area (TPSA) is 77.2 Å². The summed E-state index contributed by atoms with van der Waals surface area (Å²) in [5.74, 6) is 0.315. The molecule has 1 saturated carbocycles. The van der Waals surface area contributed by atoms with Gasteiger partial charge in [-0.2, -0.15) is 0 Å². The Kier molecular flexibility index (Phi) is 3.00. The number of rotatable bonds is 3. The molecule has 6 nitrogen and oxygen atoms in total.